The van der Waals surface area contributed by atoms with E-state index in [4.69, 9.17) is 10.5 Å². The quantitative estimate of drug-likeness (QED) is 0.568. The van der Waals surface area contributed by atoms with Crippen molar-refractivity contribution in [3.63, 3.8) is 0 Å². The Morgan fingerprint density at radius 1 is 1.23 bits per heavy atom. The minimum atomic E-state index is -0.650. The fourth-order valence-corrected chi connectivity index (χ4v) is 3.51. The highest BCUT2D eigenvalue weighted by molar-refractivity contribution is 7.18. The summed E-state index contributed by atoms with van der Waals surface area (Å²) in [6.45, 7) is 5.61. The first-order valence-electron chi connectivity index (χ1n) is 8.25. The van der Waals surface area contributed by atoms with Crippen LogP contribution in [0.3, 0.4) is 0 Å². The molecule has 0 saturated carbocycles. The monoisotopic (exact) mass is 376 g/mol. The molecule has 0 aromatic carbocycles. The van der Waals surface area contributed by atoms with Gasteiger partial charge in [0.15, 0.2) is 12.4 Å². The number of esters is 1. The van der Waals surface area contributed by atoms with Gasteiger partial charge in [0.05, 0.1) is 17.0 Å². The van der Waals surface area contributed by atoms with Gasteiger partial charge in [0, 0.05) is 12.1 Å². The summed E-state index contributed by atoms with van der Waals surface area (Å²) in [4.78, 5) is 36.4. The number of thiophene rings is 1. The van der Waals surface area contributed by atoms with E-state index < -0.39 is 11.9 Å². The van der Waals surface area contributed by atoms with Crippen LogP contribution in [0.4, 0.5) is 5.00 Å². The first kappa shape index (κ1) is 19.6. The maximum absolute atomic E-state index is 12.4. The number of hydrogen-bond donors (Lipinski definition) is 2. The van der Waals surface area contributed by atoms with Gasteiger partial charge in [0.25, 0.3) is 11.8 Å². The topological polar surface area (TPSA) is 102 Å². The Labute approximate surface area is 155 Å². The molecule has 2 amide bonds. The number of ether oxygens (including phenoxy) is 1. The van der Waals surface area contributed by atoms with Gasteiger partial charge in [-0.3, -0.25) is 9.59 Å². The molecule has 2 aromatic heterocycles. The Hall–Kier alpha value is -2.74. The van der Waals surface area contributed by atoms with Crippen LogP contribution in [0.25, 0.3) is 0 Å². The number of nitrogens with one attached hydrogen (secondary N) is 1. The molecule has 0 aliphatic rings. The van der Waals surface area contributed by atoms with Crippen molar-refractivity contribution in [1.82, 2.24) is 0 Å². The normalized spacial score (nSPS) is 10.4. The predicted molar refractivity (Wildman–Crippen MR) is 98.2 cm³/mol. The van der Waals surface area contributed by atoms with Crippen LogP contribution in [-0.4, -0.2) is 24.4 Å². The summed E-state index contributed by atoms with van der Waals surface area (Å²) in [5.41, 5.74) is 7.11. The number of rotatable bonds is 7. The molecule has 2 aromatic rings. The van der Waals surface area contributed by atoms with Crippen LogP contribution in [-0.2, 0) is 22.5 Å². The molecule has 0 unspecified atom stereocenters. The Bertz CT molecular complexity index is 828. The molecule has 2 rings (SSSR count). The minimum Gasteiger partial charge on any atom is -0.462 e. The number of amides is 2. The third-order valence-electron chi connectivity index (χ3n) is 3.80. The van der Waals surface area contributed by atoms with E-state index in [1.807, 2.05) is 24.5 Å². The lowest BCUT2D eigenvalue weighted by Gasteiger charge is -2.06. The number of nitrogens with two attached hydrogens (primary N) is 1. The standard InChI is InChI=1S/C18H21N3O4S/c1-4-12-6-8-21(9-7-12)10-13(22)20-17-14(18(24)25-5-2)11(3)15(26-17)16(19)23/h6-9H,4-5,10H2,1-3H3,(H2-,19,20,22,23,24)/p+1. The Morgan fingerprint density at radius 3 is 2.42 bits per heavy atom. The molecule has 0 fully saturated rings. The zero-order valence-corrected chi connectivity index (χ0v) is 15.8. The van der Waals surface area contributed by atoms with E-state index in [1.165, 1.54) is 5.56 Å². The average molecular weight is 376 g/mol. The van der Waals surface area contributed by atoms with Crippen LogP contribution >= 0.6 is 11.3 Å². The summed E-state index contributed by atoms with van der Waals surface area (Å²) in [6, 6.07) is 3.88. The van der Waals surface area contributed by atoms with E-state index >= 15 is 0 Å². The summed E-state index contributed by atoms with van der Waals surface area (Å²) in [5.74, 6) is -1.56. The number of carbonyl (C=O) groups is 3. The van der Waals surface area contributed by atoms with Crippen molar-refractivity contribution in [1.29, 1.82) is 0 Å². The Balaban J connectivity index is 2.23. The lowest BCUT2D eigenvalue weighted by atomic mass is 10.1. The van der Waals surface area contributed by atoms with E-state index in [2.05, 4.69) is 12.2 Å². The molecule has 0 bridgehead atoms. The van der Waals surface area contributed by atoms with Gasteiger partial charge in [-0.15, -0.1) is 11.3 Å². The Kier molecular flexibility index (Phi) is 6.46. The van der Waals surface area contributed by atoms with E-state index in [0.717, 1.165) is 17.8 Å². The molecule has 138 valence electrons. The van der Waals surface area contributed by atoms with E-state index in [0.29, 0.717) is 5.56 Å². The first-order chi connectivity index (χ1) is 12.4. The van der Waals surface area contributed by atoms with E-state index in [9.17, 15) is 14.4 Å². The third-order valence-corrected chi connectivity index (χ3v) is 5.02. The maximum atomic E-state index is 12.4. The summed E-state index contributed by atoms with van der Waals surface area (Å²) in [5, 5.41) is 2.96. The van der Waals surface area contributed by atoms with E-state index in [-0.39, 0.29) is 34.5 Å². The fourth-order valence-electron chi connectivity index (χ4n) is 2.45. The van der Waals surface area contributed by atoms with Crippen LogP contribution in [0, 0.1) is 6.92 Å². The first-order valence-corrected chi connectivity index (χ1v) is 9.07. The van der Waals surface area contributed by atoms with Gasteiger partial charge in [0.2, 0.25) is 6.54 Å². The van der Waals surface area contributed by atoms with Crippen LogP contribution < -0.4 is 15.6 Å². The molecule has 2 heterocycles. The third kappa shape index (κ3) is 4.45. The van der Waals surface area contributed by atoms with Gasteiger partial charge < -0.3 is 15.8 Å². The molecule has 0 saturated heterocycles. The summed E-state index contributed by atoms with van der Waals surface area (Å²) < 4.78 is 6.76. The van der Waals surface area contributed by atoms with Gasteiger partial charge in [-0.2, -0.15) is 4.57 Å². The molecule has 0 spiro atoms. The fraction of sp³-hybridized carbons (Fsp3) is 0.333. The lowest BCUT2D eigenvalue weighted by Crippen LogP contribution is -2.39. The second-order valence-electron chi connectivity index (χ2n) is 5.63. The molecule has 0 atom stereocenters. The zero-order valence-electron chi connectivity index (χ0n) is 15.0. The molecule has 8 heteroatoms. The molecule has 3 N–H and O–H groups in total. The van der Waals surface area contributed by atoms with Crippen molar-refractivity contribution >= 4 is 34.1 Å². The van der Waals surface area contributed by atoms with Crippen molar-refractivity contribution < 1.29 is 23.7 Å². The number of aryl methyl sites for hydroxylation is 1. The Morgan fingerprint density at radius 2 is 1.88 bits per heavy atom. The predicted octanol–water partition coefficient (Wildman–Crippen LogP) is 1.82. The number of nitrogens with zero attached hydrogens (tertiary/aromatic N) is 1. The van der Waals surface area contributed by atoms with Gasteiger partial charge in [0.1, 0.15) is 5.00 Å². The van der Waals surface area contributed by atoms with Crippen LogP contribution in [0.5, 0.6) is 0 Å². The zero-order chi connectivity index (χ0) is 19.3. The highest BCUT2D eigenvalue weighted by atomic mass is 32.1. The largest absolute Gasteiger partial charge is 0.462 e. The van der Waals surface area contributed by atoms with Crippen LogP contribution in [0.1, 0.15) is 45.0 Å². The van der Waals surface area contributed by atoms with Gasteiger partial charge in [-0.05, 0) is 31.4 Å². The summed E-state index contributed by atoms with van der Waals surface area (Å²) in [6.07, 6.45) is 4.55. The minimum absolute atomic E-state index is 0.0785. The maximum Gasteiger partial charge on any atom is 0.341 e. The summed E-state index contributed by atoms with van der Waals surface area (Å²) >= 11 is 0.977. The molecule has 26 heavy (non-hydrogen) atoms. The molecular weight excluding hydrogens is 354 g/mol. The van der Waals surface area contributed by atoms with E-state index in [1.54, 1.807) is 18.4 Å². The smallest absolute Gasteiger partial charge is 0.341 e. The number of hydrogen-bond acceptors (Lipinski definition) is 5. The highest BCUT2D eigenvalue weighted by Crippen LogP contribution is 2.33. The number of anilines is 1. The number of carbonyl (C=O) groups excluding carboxylic acids is 3. The van der Waals surface area contributed by atoms with Gasteiger partial charge in [-0.25, -0.2) is 4.79 Å². The van der Waals surface area contributed by atoms with Crippen LogP contribution in [0.2, 0.25) is 0 Å². The average Bonchev–Trinajstić information content (AvgIpc) is 2.92. The van der Waals surface area contributed by atoms with Gasteiger partial charge >= 0.3 is 5.97 Å². The SMILES string of the molecule is CCOC(=O)c1c(NC(=O)C[n+]2ccc(CC)cc2)sc(C(N)=O)c1C. The van der Waals surface area contributed by atoms with Crippen molar-refractivity contribution in [2.75, 3.05) is 11.9 Å². The molecule has 0 aliphatic heterocycles. The van der Waals surface area contributed by atoms with Gasteiger partial charge in [-0.1, -0.05) is 6.92 Å². The summed E-state index contributed by atoms with van der Waals surface area (Å²) in [7, 11) is 0. The highest BCUT2D eigenvalue weighted by Gasteiger charge is 2.26. The van der Waals surface area contributed by atoms with Crippen molar-refractivity contribution in [2.24, 2.45) is 5.73 Å². The molecular formula is C18H22N3O4S+. The number of aromatic nitrogens is 1. The number of pyridine rings is 1. The van der Waals surface area contributed by atoms with Crippen LogP contribution in [0.15, 0.2) is 24.5 Å². The van der Waals surface area contributed by atoms with Crippen molar-refractivity contribution in [3.8, 4) is 0 Å². The molecule has 7 nitrogen and oxygen atoms in total. The van der Waals surface area contributed by atoms with Crippen molar-refractivity contribution in [2.45, 2.75) is 33.7 Å². The molecule has 0 aliphatic carbocycles. The van der Waals surface area contributed by atoms with Crippen molar-refractivity contribution in [3.05, 3.63) is 46.1 Å². The second-order valence-corrected chi connectivity index (χ2v) is 6.65. The lowest BCUT2D eigenvalue weighted by molar-refractivity contribution is -0.684. The number of primary amides is 1. The second kappa shape index (κ2) is 8.57. The molecule has 0 radical (unpaired) electrons.